The summed E-state index contributed by atoms with van der Waals surface area (Å²) >= 11 is 0. The Morgan fingerprint density at radius 2 is 1.91 bits per heavy atom. The van der Waals surface area contributed by atoms with Crippen LogP contribution in [0.5, 0.6) is 5.88 Å². The number of aromatic amines is 1. The van der Waals surface area contributed by atoms with Crippen molar-refractivity contribution in [3.63, 3.8) is 0 Å². The zero-order chi connectivity index (χ0) is 21.7. The predicted octanol–water partition coefficient (Wildman–Crippen LogP) is 4.49. The number of H-pyrrole nitrogens is 1. The summed E-state index contributed by atoms with van der Waals surface area (Å²) < 4.78 is 34.9. The van der Waals surface area contributed by atoms with Gasteiger partial charge >= 0.3 is 0 Å². The minimum absolute atomic E-state index is 0.0645. The highest BCUT2D eigenvalue weighted by atomic mass is 19.1. The molecule has 0 unspecified atom stereocenters. The number of nitrogens with zero attached hydrogens (tertiary/aromatic N) is 3. The molecular weight excluding hydrogens is 412 g/mol. The third-order valence-corrected chi connectivity index (χ3v) is 6.57. The lowest BCUT2D eigenvalue weighted by Crippen LogP contribution is -2.44. The SMILES string of the molecule is Fc1cccc(F)c1-c1ccc2[nH]nc(-c3cncc(O[C@@H]4CCNCC45CC5)n3)c2c1. The van der Waals surface area contributed by atoms with Gasteiger partial charge in [-0.3, -0.25) is 10.1 Å². The number of hydrogen-bond donors (Lipinski definition) is 2. The second-order valence-corrected chi connectivity index (χ2v) is 8.61. The number of aromatic nitrogens is 4. The molecule has 4 aromatic rings. The Hall–Kier alpha value is -3.39. The summed E-state index contributed by atoms with van der Waals surface area (Å²) in [6.07, 6.45) is 6.63. The minimum atomic E-state index is -0.611. The van der Waals surface area contributed by atoms with Crippen molar-refractivity contribution in [1.29, 1.82) is 0 Å². The van der Waals surface area contributed by atoms with Gasteiger partial charge in [0, 0.05) is 17.3 Å². The topological polar surface area (TPSA) is 75.7 Å². The van der Waals surface area contributed by atoms with Gasteiger partial charge in [0.25, 0.3) is 0 Å². The molecule has 1 atom stereocenters. The van der Waals surface area contributed by atoms with Crippen LogP contribution in [0.15, 0.2) is 48.8 Å². The second-order valence-electron chi connectivity index (χ2n) is 8.61. The monoisotopic (exact) mass is 433 g/mol. The van der Waals surface area contributed by atoms with Crippen LogP contribution in [-0.4, -0.2) is 39.4 Å². The molecule has 1 aliphatic carbocycles. The second kappa shape index (κ2) is 7.34. The van der Waals surface area contributed by atoms with Gasteiger partial charge in [-0.15, -0.1) is 0 Å². The van der Waals surface area contributed by atoms with E-state index in [4.69, 9.17) is 4.74 Å². The highest BCUT2D eigenvalue weighted by Gasteiger charge is 2.52. The highest BCUT2D eigenvalue weighted by Crippen LogP contribution is 2.51. The summed E-state index contributed by atoms with van der Waals surface area (Å²) in [7, 11) is 0. The smallest absolute Gasteiger partial charge is 0.233 e. The van der Waals surface area contributed by atoms with E-state index in [-0.39, 0.29) is 17.1 Å². The molecule has 2 aromatic carbocycles. The van der Waals surface area contributed by atoms with Crippen LogP contribution in [0.25, 0.3) is 33.4 Å². The maximum absolute atomic E-state index is 14.3. The number of rotatable bonds is 4. The van der Waals surface area contributed by atoms with E-state index in [1.165, 1.54) is 18.2 Å². The molecule has 2 aliphatic rings. The first kappa shape index (κ1) is 19.3. The van der Waals surface area contributed by atoms with Crippen molar-refractivity contribution in [2.75, 3.05) is 13.1 Å². The van der Waals surface area contributed by atoms with Crippen LogP contribution in [0.3, 0.4) is 0 Å². The number of ether oxygens (including phenoxy) is 1. The number of fused-ring (bicyclic) bond motifs is 1. The molecule has 0 amide bonds. The van der Waals surface area contributed by atoms with Crippen molar-refractivity contribution in [3.8, 4) is 28.4 Å². The fraction of sp³-hybridized carbons (Fsp3) is 0.292. The molecule has 1 saturated heterocycles. The van der Waals surface area contributed by atoms with Gasteiger partial charge in [-0.2, -0.15) is 5.10 Å². The first-order valence-electron chi connectivity index (χ1n) is 10.8. The Balaban J connectivity index is 1.37. The zero-order valence-corrected chi connectivity index (χ0v) is 17.2. The lowest BCUT2D eigenvalue weighted by molar-refractivity contribution is 0.0823. The number of benzene rings is 2. The minimum Gasteiger partial charge on any atom is -0.473 e. The van der Waals surface area contributed by atoms with Crippen LogP contribution < -0.4 is 10.1 Å². The van der Waals surface area contributed by atoms with Crippen molar-refractivity contribution in [2.45, 2.75) is 25.4 Å². The largest absolute Gasteiger partial charge is 0.473 e. The van der Waals surface area contributed by atoms with Gasteiger partial charge in [-0.25, -0.2) is 13.8 Å². The quantitative estimate of drug-likeness (QED) is 0.496. The summed E-state index contributed by atoms with van der Waals surface area (Å²) in [6, 6.07) is 9.00. The van der Waals surface area contributed by atoms with E-state index >= 15 is 0 Å². The molecule has 32 heavy (non-hydrogen) atoms. The van der Waals surface area contributed by atoms with Crippen molar-refractivity contribution in [1.82, 2.24) is 25.5 Å². The first-order chi connectivity index (χ1) is 15.6. The molecule has 6 rings (SSSR count). The average Bonchev–Trinajstić information content (AvgIpc) is 3.44. The van der Waals surface area contributed by atoms with Crippen molar-refractivity contribution >= 4 is 10.9 Å². The van der Waals surface area contributed by atoms with Gasteiger partial charge in [0.15, 0.2) is 0 Å². The van der Waals surface area contributed by atoms with Gasteiger partial charge < -0.3 is 10.1 Å². The molecule has 2 fully saturated rings. The molecule has 6 nitrogen and oxygen atoms in total. The maximum atomic E-state index is 14.3. The van der Waals surface area contributed by atoms with Crippen LogP contribution in [0.4, 0.5) is 8.78 Å². The van der Waals surface area contributed by atoms with Gasteiger partial charge in [-0.1, -0.05) is 12.1 Å². The van der Waals surface area contributed by atoms with Gasteiger partial charge in [0.1, 0.15) is 29.1 Å². The number of piperidine rings is 1. The molecule has 1 aliphatic heterocycles. The Morgan fingerprint density at radius 1 is 1.06 bits per heavy atom. The number of halogens is 2. The Kier molecular flexibility index (Phi) is 4.43. The summed E-state index contributed by atoms with van der Waals surface area (Å²) in [4.78, 5) is 8.97. The summed E-state index contributed by atoms with van der Waals surface area (Å²) in [5.74, 6) is -0.755. The Bertz CT molecular complexity index is 1300. The molecule has 162 valence electrons. The lowest BCUT2D eigenvalue weighted by atomic mass is 9.93. The molecule has 8 heteroatoms. The van der Waals surface area contributed by atoms with E-state index in [0.29, 0.717) is 28.2 Å². The van der Waals surface area contributed by atoms with E-state index in [2.05, 4.69) is 25.5 Å². The maximum Gasteiger partial charge on any atom is 0.233 e. The van der Waals surface area contributed by atoms with E-state index in [1.54, 1.807) is 30.6 Å². The molecule has 3 heterocycles. The third kappa shape index (κ3) is 3.22. The molecule has 1 saturated carbocycles. The van der Waals surface area contributed by atoms with Crippen molar-refractivity contribution in [3.05, 3.63) is 60.4 Å². The van der Waals surface area contributed by atoms with Gasteiger partial charge in [-0.05, 0) is 55.6 Å². The average molecular weight is 433 g/mol. The Morgan fingerprint density at radius 3 is 2.72 bits per heavy atom. The van der Waals surface area contributed by atoms with E-state index in [9.17, 15) is 8.78 Å². The summed E-state index contributed by atoms with van der Waals surface area (Å²) in [5, 5.41) is 11.5. The van der Waals surface area contributed by atoms with E-state index < -0.39 is 11.6 Å². The van der Waals surface area contributed by atoms with E-state index in [1.807, 2.05) is 0 Å². The molecule has 0 bridgehead atoms. The summed E-state index contributed by atoms with van der Waals surface area (Å²) in [6.45, 7) is 1.91. The zero-order valence-electron chi connectivity index (χ0n) is 17.2. The molecule has 2 N–H and O–H groups in total. The molecular formula is C24H21F2N5O. The number of nitrogens with one attached hydrogen (secondary N) is 2. The molecule has 0 radical (unpaired) electrons. The Labute approximate surface area is 183 Å². The normalized spacial score (nSPS) is 19.4. The van der Waals surface area contributed by atoms with Crippen molar-refractivity contribution < 1.29 is 13.5 Å². The van der Waals surface area contributed by atoms with Crippen LogP contribution in [0.1, 0.15) is 19.3 Å². The van der Waals surface area contributed by atoms with Gasteiger partial charge in [0.05, 0.1) is 23.5 Å². The van der Waals surface area contributed by atoms with Crippen LogP contribution in [0.2, 0.25) is 0 Å². The fourth-order valence-corrected chi connectivity index (χ4v) is 4.64. The summed E-state index contributed by atoms with van der Waals surface area (Å²) in [5.41, 5.74) is 2.42. The van der Waals surface area contributed by atoms with Crippen LogP contribution in [0, 0.1) is 17.0 Å². The van der Waals surface area contributed by atoms with E-state index in [0.717, 1.165) is 37.9 Å². The molecule has 1 spiro atoms. The first-order valence-corrected chi connectivity index (χ1v) is 10.8. The van der Waals surface area contributed by atoms with Crippen molar-refractivity contribution in [2.24, 2.45) is 5.41 Å². The fourth-order valence-electron chi connectivity index (χ4n) is 4.64. The van der Waals surface area contributed by atoms with Crippen LogP contribution >= 0.6 is 0 Å². The standard InChI is InChI=1S/C24H21F2N5O/c25-16-2-1-3-17(26)22(16)14-4-5-18-15(10-14)23(31-30-18)19-11-28-12-21(29-19)32-20-6-9-27-13-24(20)7-8-24/h1-5,10-12,20,27H,6-9,13H2,(H,30,31)/t20-/m1/s1. The molecule has 2 aromatic heterocycles. The van der Waals surface area contributed by atoms with Gasteiger partial charge in [0.2, 0.25) is 5.88 Å². The third-order valence-electron chi connectivity index (χ3n) is 6.57. The number of hydrogen-bond acceptors (Lipinski definition) is 5. The predicted molar refractivity (Wildman–Crippen MR) is 116 cm³/mol. The lowest BCUT2D eigenvalue weighted by Gasteiger charge is -2.32. The highest BCUT2D eigenvalue weighted by molar-refractivity contribution is 5.94. The van der Waals surface area contributed by atoms with Crippen LogP contribution in [-0.2, 0) is 0 Å².